The molecule has 0 aliphatic carbocycles. The Balaban J connectivity index is 2.75. The van der Waals surface area contributed by atoms with Crippen LogP contribution in [0.2, 0.25) is 5.02 Å². The maximum absolute atomic E-state index is 13.4. The van der Waals surface area contributed by atoms with Crippen LogP contribution in [0, 0.1) is 0 Å². The molecule has 0 saturated carbocycles. The predicted octanol–water partition coefficient (Wildman–Crippen LogP) is 4.39. The number of aromatic nitrogens is 2. The molecule has 0 aliphatic heterocycles. The molecule has 0 saturated heterocycles. The number of halogens is 4. The van der Waals surface area contributed by atoms with Gasteiger partial charge in [0.25, 0.3) is 0 Å². The number of esters is 1. The average molecular weight is 375 g/mol. The molecule has 0 unspecified atom stereocenters. The number of carbonyl (C=O) groups excluding carboxylic acids is 1. The summed E-state index contributed by atoms with van der Waals surface area (Å²) in [5.74, 6) is -1.97. The highest BCUT2D eigenvalue weighted by Gasteiger charge is 2.41. The van der Waals surface area contributed by atoms with E-state index in [2.05, 4.69) is 14.7 Å². The van der Waals surface area contributed by atoms with Crippen molar-refractivity contribution in [3.63, 3.8) is 0 Å². The summed E-state index contributed by atoms with van der Waals surface area (Å²) in [6.45, 7) is 3.19. The first-order chi connectivity index (χ1) is 11.6. The van der Waals surface area contributed by atoms with Gasteiger partial charge in [-0.25, -0.2) is 9.78 Å². The molecule has 0 bridgehead atoms. The van der Waals surface area contributed by atoms with E-state index >= 15 is 0 Å². The fourth-order valence-corrected chi connectivity index (χ4v) is 2.09. The summed E-state index contributed by atoms with van der Waals surface area (Å²) in [5.41, 5.74) is -1.99. The molecule has 2 aromatic rings. The second-order valence-corrected chi connectivity index (χ2v) is 5.68. The van der Waals surface area contributed by atoms with Gasteiger partial charge in [-0.1, -0.05) is 11.6 Å². The average Bonchev–Trinajstić information content (AvgIpc) is 2.52. The summed E-state index contributed by atoms with van der Waals surface area (Å²) in [5, 5.41) is 0.407. The lowest BCUT2D eigenvalue weighted by Crippen LogP contribution is -2.21. The highest BCUT2D eigenvalue weighted by Crippen LogP contribution is 2.36. The third-order valence-corrected chi connectivity index (χ3v) is 3.24. The van der Waals surface area contributed by atoms with Gasteiger partial charge in [-0.2, -0.15) is 18.2 Å². The molecule has 2 rings (SSSR count). The summed E-state index contributed by atoms with van der Waals surface area (Å²) in [4.78, 5) is 19.4. The number of nitrogens with zero attached hydrogens (tertiary/aromatic N) is 2. The quantitative estimate of drug-likeness (QED) is 0.743. The summed E-state index contributed by atoms with van der Waals surface area (Å²) >= 11 is 5.78. The molecule has 1 heterocycles. The van der Waals surface area contributed by atoms with Crippen LogP contribution in [-0.4, -0.2) is 29.2 Å². The molecule has 0 fully saturated rings. The van der Waals surface area contributed by atoms with E-state index in [1.165, 1.54) is 24.3 Å². The molecular formula is C16H14ClF3N2O3. The van der Waals surface area contributed by atoms with Gasteiger partial charge in [-0.05, 0) is 38.1 Å². The van der Waals surface area contributed by atoms with Crippen molar-refractivity contribution < 1.29 is 27.4 Å². The van der Waals surface area contributed by atoms with Crippen LogP contribution in [-0.2, 0) is 10.9 Å². The van der Waals surface area contributed by atoms with E-state index in [4.69, 9.17) is 16.3 Å². The Labute approximate surface area is 146 Å². The number of ether oxygens (including phenoxy) is 2. The maximum atomic E-state index is 13.4. The molecular weight excluding hydrogens is 361 g/mol. The number of rotatable bonds is 4. The van der Waals surface area contributed by atoms with Crippen molar-refractivity contribution in [2.24, 2.45) is 0 Å². The first-order valence-electron chi connectivity index (χ1n) is 7.13. The second kappa shape index (κ2) is 7.26. The van der Waals surface area contributed by atoms with E-state index in [-0.39, 0.29) is 5.82 Å². The lowest BCUT2D eigenvalue weighted by Gasteiger charge is -2.17. The summed E-state index contributed by atoms with van der Waals surface area (Å²) in [7, 11) is 0.967. The van der Waals surface area contributed by atoms with Gasteiger partial charge >= 0.3 is 12.1 Å². The van der Waals surface area contributed by atoms with E-state index in [0.717, 1.165) is 7.11 Å². The van der Waals surface area contributed by atoms with Gasteiger partial charge in [-0.15, -0.1) is 0 Å². The van der Waals surface area contributed by atoms with Crippen LogP contribution in [0.5, 0.6) is 5.88 Å². The Morgan fingerprint density at radius 3 is 2.24 bits per heavy atom. The molecule has 0 aliphatic rings. The van der Waals surface area contributed by atoms with E-state index in [1.807, 2.05) is 0 Å². The second-order valence-electron chi connectivity index (χ2n) is 5.24. The fourth-order valence-electron chi connectivity index (χ4n) is 1.97. The van der Waals surface area contributed by atoms with Gasteiger partial charge < -0.3 is 9.47 Å². The van der Waals surface area contributed by atoms with Crippen LogP contribution < -0.4 is 4.74 Å². The van der Waals surface area contributed by atoms with Crippen LogP contribution in [0.15, 0.2) is 24.3 Å². The van der Waals surface area contributed by atoms with Crippen LogP contribution in [0.25, 0.3) is 11.4 Å². The zero-order valence-electron chi connectivity index (χ0n) is 13.5. The van der Waals surface area contributed by atoms with Crippen LogP contribution >= 0.6 is 11.6 Å². The topological polar surface area (TPSA) is 61.3 Å². The zero-order valence-corrected chi connectivity index (χ0v) is 14.3. The van der Waals surface area contributed by atoms with Crippen molar-refractivity contribution in [3.8, 4) is 17.3 Å². The van der Waals surface area contributed by atoms with E-state index < -0.39 is 35.4 Å². The SMILES string of the molecule is COC(=O)c1c(OC(C)C)nc(-c2ccc(Cl)cc2)nc1C(F)(F)F. The summed E-state index contributed by atoms with van der Waals surface area (Å²) < 4.78 is 50.1. The van der Waals surface area contributed by atoms with Gasteiger partial charge in [0.1, 0.15) is 0 Å². The maximum Gasteiger partial charge on any atom is 0.434 e. The Kier molecular flexibility index (Phi) is 5.52. The number of alkyl halides is 3. The number of hydrogen-bond donors (Lipinski definition) is 0. The third-order valence-electron chi connectivity index (χ3n) is 2.98. The van der Waals surface area contributed by atoms with E-state index in [1.54, 1.807) is 13.8 Å². The predicted molar refractivity (Wildman–Crippen MR) is 84.6 cm³/mol. The summed E-state index contributed by atoms with van der Waals surface area (Å²) in [6.07, 6.45) is -5.42. The minimum absolute atomic E-state index is 0.243. The zero-order chi connectivity index (χ0) is 18.8. The lowest BCUT2D eigenvalue weighted by molar-refractivity contribution is -0.141. The third kappa shape index (κ3) is 4.39. The highest BCUT2D eigenvalue weighted by atomic mass is 35.5. The standard InChI is InChI=1S/C16H14ClF3N2O3/c1-8(2)25-14-11(15(23)24-3)12(16(18,19)20)21-13(22-14)9-4-6-10(17)7-5-9/h4-8H,1-3H3. The van der Waals surface area contributed by atoms with Crippen molar-refractivity contribution in [1.82, 2.24) is 9.97 Å². The largest absolute Gasteiger partial charge is 0.474 e. The molecule has 0 spiro atoms. The Morgan fingerprint density at radius 1 is 1.16 bits per heavy atom. The molecule has 5 nitrogen and oxygen atoms in total. The van der Waals surface area contributed by atoms with Crippen molar-refractivity contribution >= 4 is 17.6 Å². The van der Waals surface area contributed by atoms with E-state index in [9.17, 15) is 18.0 Å². The van der Waals surface area contributed by atoms with E-state index in [0.29, 0.717) is 10.6 Å². The Hall–Kier alpha value is -2.35. The molecule has 1 aromatic carbocycles. The minimum Gasteiger partial charge on any atom is -0.474 e. The van der Waals surface area contributed by atoms with Crippen LogP contribution in [0.4, 0.5) is 13.2 Å². The van der Waals surface area contributed by atoms with Crippen molar-refractivity contribution in [2.75, 3.05) is 7.11 Å². The Bertz CT molecular complexity index is 777. The molecule has 0 radical (unpaired) electrons. The lowest BCUT2D eigenvalue weighted by atomic mass is 10.1. The molecule has 0 amide bonds. The van der Waals surface area contributed by atoms with Gasteiger partial charge in [-0.3, -0.25) is 0 Å². The normalized spacial score (nSPS) is 11.5. The van der Waals surface area contributed by atoms with Gasteiger partial charge in [0, 0.05) is 10.6 Å². The summed E-state index contributed by atoms with van der Waals surface area (Å²) in [6, 6.07) is 5.92. The molecule has 25 heavy (non-hydrogen) atoms. The smallest absolute Gasteiger partial charge is 0.434 e. The molecule has 0 atom stereocenters. The van der Waals surface area contributed by atoms with Crippen molar-refractivity contribution in [1.29, 1.82) is 0 Å². The minimum atomic E-state index is -4.90. The van der Waals surface area contributed by atoms with Gasteiger partial charge in [0.2, 0.25) is 5.88 Å². The van der Waals surface area contributed by atoms with Crippen LogP contribution in [0.1, 0.15) is 29.9 Å². The molecule has 0 N–H and O–H groups in total. The monoisotopic (exact) mass is 374 g/mol. The highest BCUT2D eigenvalue weighted by molar-refractivity contribution is 6.30. The number of carbonyl (C=O) groups is 1. The molecule has 134 valence electrons. The van der Waals surface area contributed by atoms with Gasteiger partial charge in [0.05, 0.1) is 13.2 Å². The first-order valence-corrected chi connectivity index (χ1v) is 7.51. The first kappa shape index (κ1) is 19.0. The van der Waals surface area contributed by atoms with Gasteiger partial charge in [0.15, 0.2) is 17.1 Å². The number of methoxy groups -OCH3 is 1. The molecule has 1 aromatic heterocycles. The number of benzene rings is 1. The fraction of sp³-hybridized carbons (Fsp3) is 0.312. The van der Waals surface area contributed by atoms with Crippen molar-refractivity contribution in [3.05, 3.63) is 40.5 Å². The van der Waals surface area contributed by atoms with Crippen molar-refractivity contribution in [2.45, 2.75) is 26.1 Å². The molecule has 9 heteroatoms. The van der Waals surface area contributed by atoms with Crippen LogP contribution in [0.3, 0.4) is 0 Å². The number of hydrogen-bond acceptors (Lipinski definition) is 5. The Morgan fingerprint density at radius 2 is 1.76 bits per heavy atom.